The highest BCUT2D eigenvalue weighted by Crippen LogP contribution is 2.39. The largest absolute Gasteiger partial charge is 0.469 e. The van der Waals surface area contributed by atoms with E-state index in [1.165, 1.54) is 11.3 Å². The summed E-state index contributed by atoms with van der Waals surface area (Å²) in [5, 5.41) is 9.65. The fourth-order valence-electron chi connectivity index (χ4n) is 4.20. The summed E-state index contributed by atoms with van der Waals surface area (Å²) in [4.78, 5) is 18.1. The smallest absolute Gasteiger partial charge is 0.211 e. The molecule has 0 aliphatic heterocycles. The number of benzene rings is 2. The van der Waals surface area contributed by atoms with Crippen molar-refractivity contribution < 1.29 is 9.21 Å². The van der Waals surface area contributed by atoms with Gasteiger partial charge in [0.05, 0.1) is 37.8 Å². The molecular weight excluding hydrogens is 479 g/mol. The van der Waals surface area contributed by atoms with E-state index in [9.17, 15) is 4.79 Å². The van der Waals surface area contributed by atoms with Crippen LogP contribution in [-0.2, 0) is 6.42 Å². The van der Waals surface area contributed by atoms with Gasteiger partial charge in [-0.25, -0.2) is 9.67 Å². The summed E-state index contributed by atoms with van der Waals surface area (Å²) in [6, 6.07) is 16.9. The van der Waals surface area contributed by atoms with Gasteiger partial charge in [0.2, 0.25) is 5.13 Å². The fourth-order valence-corrected chi connectivity index (χ4v) is 5.44. The van der Waals surface area contributed by atoms with Crippen LogP contribution in [0.2, 0.25) is 10.0 Å². The molecule has 9 heteroatoms. The molecule has 1 aliphatic carbocycles. The molecule has 33 heavy (non-hydrogen) atoms. The van der Waals surface area contributed by atoms with Crippen LogP contribution in [0.25, 0.3) is 15.3 Å². The number of carbonyl (C=O) groups excluding carboxylic acids is 1. The van der Waals surface area contributed by atoms with Crippen molar-refractivity contribution >= 4 is 62.0 Å². The summed E-state index contributed by atoms with van der Waals surface area (Å²) >= 11 is 13.8. The molecule has 0 bridgehead atoms. The SMILES string of the molecule is O=C1CC(c2ccco2)Cc2c1c(Nc1ccc(Cl)c(Cl)c1)nn2-c1nc2ccccc2s1. The number of halogens is 2. The van der Waals surface area contributed by atoms with E-state index in [2.05, 4.69) is 5.32 Å². The number of furan rings is 1. The fraction of sp³-hybridized carbons (Fsp3) is 0.125. The molecule has 5 aromatic rings. The van der Waals surface area contributed by atoms with E-state index < -0.39 is 0 Å². The molecule has 0 spiro atoms. The number of carbonyl (C=O) groups is 1. The van der Waals surface area contributed by atoms with Crippen molar-refractivity contribution in [2.24, 2.45) is 0 Å². The van der Waals surface area contributed by atoms with Crippen molar-refractivity contribution in [2.45, 2.75) is 18.8 Å². The summed E-state index contributed by atoms with van der Waals surface area (Å²) in [6.07, 6.45) is 2.60. The van der Waals surface area contributed by atoms with Gasteiger partial charge in [-0.15, -0.1) is 5.10 Å². The number of anilines is 2. The monoisotopic (exact) mass is 494 g/mol. The van der Waals surface area contributed by atoms with Crippen molar-refractivity contribution in [2.75, 3.05) is 5.32 Å². The first-order valence-electron chi connectivity index (χ1n) is 10.3. The zero-order chi connectivity index (χ0) is 22.5. The number of para-hydroxylation sites is 1. The molecule has 1 aliphatic rings. The molecule has 0 amide bonds. The summed E-state index contributed by atoms with van der Waals surface area (Å²) < 4.78 is 8.46. The quantitative estimate of drug-likeness (QED) is 0.290. The van der Waals surface area contributed by atoms with Gasteiger partial charge in [-0.05, 0) is 42.5 Å². The van der Waals surface area contributed by atoms with Crippen molar-refractivity contribution in [3.8, 4) is 5.13 Å². The number of fused-ring (bicyclic) bond motifs is 2. The number of nitrogens with one attached hydrogen (secondary N) is 1. The highest BCUT2D eigenvalue weighted by molar-refractivity contribution is 7.20. The van der Waals surface area contributed by atoms with Crippen LogP contribution in [0.3, 0.4) is 0 Å². The van der Waals surface area contributed by atoms with Crippen molar-refractivity contribution in [3.05, 3.63) is 87.9 Å². The lowest BCUT2D eigenvalue weighted by Gasteiger charge is -2.20. The summed E-state index contributed by atoms with van der Waals surface area (Å²) in [5.41, 5.74) is 2.98. The second-order valence-corrected chi connectivity index (χ2v) is 9.67. The Labute approximate surface area is 202 Å². The van der Waals surface area contributed by atoms with Crippen LogP contribution >= 0.6 is 34.5 Å². The molecule has 0 saturated heterocycles. The zero-order valence-electron chi connectivity index (χ0n) is 17.1. The van der Waals surface area contributed by atoms with E-state index in [0.717, 1.165) is 21.7 Å². The van der Waals surface area contributed by atoms with Gasteiger partial charge in [0, 0.05) is 24.4 Å². The standard InChI is InChI=1S/C24H16Cl2N4O2S/c25-15-8-7-14(12-16(15)26)27-23-22-18(10-13(11-19(22)31)20-5-3-9-32-20)30(29-23)24-28-17-4-1-2-6-21(17)33-24/h1-9,12-13H,10-11H2,(H,27,29). The highest BCUT2D eigenvalue weighted by Gasteiger charge is 2.35. The van der Waals surface area contributed by atoms with Crippen molar-refractivity contribution in [1.29, 1.82) is 0 Å². The lowest BCUT2D eigenvalue weighted by molar-refractivity contribution is 0.0960. The Balaban J connectivity index is 1.49. The molecule has 0 fully saturated rings. The second-order valence-electron chi connectivity index (χ2n) is 7.84. The zero-order valence-corrected chi connectivity index (χ0v) is 19.4. The number of thiazole rings is 1. The van der Waals surface area contributed by atoms with Gasteiger partial charge >= 0.3 is 0 Å². The van der Waals surface area contributed by atoms with E-state index >= 15 is 0 Å². The predicted octanol–water partition coefficient (Wildman–Crippen LogP) is 7.04. The van der Waals surface area contributed by atoms with Gasteiger partial charge in [-0.2, -0.15) is 0 Å². The molecule has 1 atom stereocenters. The van der Waals surface area contributed by atoms with Gasteiger partial charge in [0.1, 0.15) is 5.76 Å². The summed E-state index contributed by atoms with van der Waals surface area (Å²) in [5.74, 6) is 1.23. The number of rotatable bonds is 4. The first kappa shape index (κ1) is 20.5. The minimum absolute atomic E-state index is 0.00701. The van der Waals surface area contributed by atoms with Crippen molar-refractivity contribution in [1.82, 2.24) is 14.8 Å². The van der Waals surface area contributed by atoms with E-state index in [1.54, 1.807) is 29.1 Å². The number of hydrogen-bond donors (Lipinski definition) is 1. The molecule has 6 rings (SSSR count). The third-order valence-corrected chi connectivity index (χ3v) is 7.47. The Morgan fingerprint density at radius 1 is 1.06 bits per heavy atom. The molecule has 6 nitrogen and oxygen atoms in total. The average Bonchev–Trinajstić information content (AvgIpc) is 3.54. The van der Waals surface area contributed by atoms with Crippen molar-refractivity contribution in [3.63, 3.8) is 0 Å². The van der Waals surface area contributed by atoms with Crippen LogP contribution in [0.5, 0.6) is 0 Å². The maximum Gasteiger partial charge on any atom is 0.211 e. The number of hydrogen-bond acceptors (Lipinski definition) is 6. The minimum Gasteiger partial charge on any atom is -0.469 e. The normalized spacial score (nSPS) is 15.7. The molecular formula is C24H16Cl2N4O2S. The predicted molar refractivity (Wildman–Crippen MR) is 131 cm³/mol. The van der Waals surface area contributed by atoms with Gasteiger partial charge in [0.15, 0.2) is 11.6 Å². The van der Waals surface area contributed by atoms with Gasteiger partial charge in [-0.1, -0.05) is 46.7 Å². The van der Waals surface area contributed by atoms with E-state index in [1.807, 2.05) is 36.4 Å². The topological polar surface area (TPSA) is 73.0 Å². The van der Waals surface area contributed by atoms with Gasteiger partial charge < -0.3 is 9.73 Å². The van der Waals surface area contributed by atoms with E-state index in [-0.39, 0.29) is 11.7 Å². The molecule has 0 saturated carbocycles. The third-order valence-electron chi connectivity index (χ3n) is 5.72. The average molecular weight is 495 g/mol. The Bertz CT molecular complexity index is 1470. The Morgan fingerprint density at radius 2 is 1.94 bits per heavy atom. The lowest BCUT2D eigenvalue weighted by atomic mass is 9.85. The molecule has 164 valence electrons. The maximum absolute atomic E-state index is 13.3. The lowest BCUT2D eigenvalue weighted by Crippen LogP contribution is -2.20. The second kappa shape index (κ2) is 8.02. The molecule has 3 aromatic heterocycles. The highest BCUT2D eigenvalue weighted by atomic mass is 35.5. The molecule has 1 N–H and O–H groups in total. The molecule has 3 heterocycles. The number of aromatic nitrogens is 3. The molecule has 0 radical (unpaired) electrons. The number of ketones is 1. The third kappa shape index (κ3) is 3.62. The Kier molecular flexibility index (Phi) is 4.98. The number of Topliss-reactive ketones (excluding diaryl/α,β-unsaturated/α-hetero) is 1. The first-order chi connectivity index (χ1) is 16.1. The van der Waals surface area contributed by atoms with E-state index in [0.29, 0.717) is 45.1 Å². The maximum atomic E-state index is 13.3. The van der Waals surface area contributed by atoms with Crippen LogP contribution in [0.1, 0.15) is 34.2 Å². The van der Waals surface area contributed by atoms with Crippen LogP contribution in [-0.4, -0.2) is 20.5 Å². The molecule has 1 unspecified atom stereocenters. The minimum atomic E-state index is -0.0531. The van der Waals surface area contributed by atoms with E-state index in [4.69, 9.17) is 37.7 Å². The van der Waals surface area contributed by atoms with Crippen LogP contribution in [0, 0.1) is 0 Å². The van der Waals surface area contributed by atoms with Crippen LogP contribution < -0.4 is 5.32 Å². The molecule has 2 aromatic carbocycles. The van der Waals surface area contributed by atoms with Gasteiger partial charge in [-0.3, -0.25) is 4.79 Å². The van der Waals surface area contributed by atoms with Crippen LogP contribution in [0.15, 0.2) is 65.3 Å². The summed E-state index contributed by atoms with van der Waals surface area (Å²) in [6.45, 7) is 0. The Morgan fingerprint density at radius 3 is 2.73 bits per heavy atom. The summed E-state index contributed by atoms with van der Waals surface area (Å²) in [7, 11) is 0. The number of nitrogens with zero attached hydrogens (tertiary/aromatic N) is 3. The first-order valence-corrected chi connectivity index (χ1v) is 11.9. The Hall–Kier alpha value is -3.13. The van der Waals surface area contributed by atoms with Gasteiger partial charge in [0.25, 0.3) is 0 Å². The van der Waals surface area contributed by atoms with Crippen LogP contribution in [0.4, 0.5) is 11.5 Å².